The third-order valence-corrected chi connectivity index (χ3v) is 8.83. The smallest absolute Gasteiger partial charge is 0.744 e. The van der Waals surface area contributed by atoms with Crippen molar-refractivity contribution < 1.29 is 25.9 Å². The molecule has 0 saturated carbocycles. The standard InChI is InChI=1S/2C16H20O3S.Ca/c2*1-3-6-12-10-11-15-14(13(12)7-4-2)8-5-9-16(15)20(17,18)19;/h2*5,8-11H,3-4,6-7H2,1-2H3,(H,17,18,19);/q;;+2/p-2. The molecule has 0 aliphatic carbocycles. The summed E-state index contributed by atoms with van der Waals surface area (Å²) in [5, 5.41) is 2.89. The van der Waals surface area contributed by atoms with Crippen LogP contribution in [0.2, 0.25) is 0 Å². The van der Waals surface area contributed by atoms with Crippen molar-refractivity contribution in [2.24, 2.45) is 0 Å². The molecule has 4 rings (SSSR count). The third-order valence-electron chi connectivity index (χ3n) is 7.04. The van der Waals surface area contributed by atoms with Crippen LogP contribution in [-0.4, -0.2) is 63.7 Å². The van der Waals surface area contributed by atoms with Crippen LogP contribution in [-0.2, 0) is 45.9 Å². The molecule has 4 aromatic rings. The summed E-state index contributed by atoms with van der Waals surface area (Å²) in [5.74, 6) is 0. The van der Waals surface area contributed by atoms with Crippen LogP contribution in [0.4, 0.5) is 0 Å². The van der Waals surface area contributed by atoms with Gasteiger partial charge in [0.2, 0.25) is 0 Å². The van der Waals surface area contributed by atoms with Crippen molar-refractivity contribution in [1.82, 2.24) is 0 Å². The van der Waals surface area contributed by atoms with E-state index >= 15 is 0 Å². The van der Waals surface area contributed by atoms with E-state index in [0.717, 1.165) is 62.1 Å². The zero-order valence-electron chi connectivity index (χ0n) is 24.4. The summed E-state index contributed by atoms with van der Waals surface area (Å²) < 4.78 is 68.2. The van der Waals surface area contributed by atoms with E-state index in [9.17, 15) is 25.9 Å². The van der Waals surface area contributed by atoms with Gasteiger partial charge in [-0.3, -0.25) is 0 Å². The van der Waals surface area contributed by atoms with Crippen LogP contribution in [0, 0.1) is 0 Å². The minimum Gasteiger partial charge on any atom is -0.744 e. The van der Waals surface area contributed by atoms with Crippen molar-refractivity contribution in [2.75, 3.05) is 0 Å². The van der Waals surface area contributed by atoms with E-state index in [1.54, 1.807) is 24.3 Å². The molecule has 0 unspecified atom stereocenters. The van der Waals surface area contributed by atoms with Crippen molar-refractivity contribution in [3.63, 3.8) is 0 Å². The van der Waals surface area contributed by atoms with Gasteiger partial charge in [0.1, 0.15) is 20.2 Å². The molecule has 41 heavy (non-hydrogen) atoms. The fraction of sp³-hybridized carbons (Fsp3) is 0.375. The predicted molar refractivity (Wildman–Crippen MR) is 166 cm³/mol. The average Bonchev–Trinajstić information content (AvgIpc) is 2.90. The molecule has 0 radical (unpaired) electrons. The molecule has 4 aromatic carbocycles. The summed E-state index contributed by atoms with van der Waals surface area (Å²) in [6, 6.07) is 17.4. The Hall–Kier alpha value is -1.52. The van der Waals surface area contributed by atoms with E-state index in [0.29, 0.717) is 10.8 Å². The molecule has 0 aliphatic rings. The number of aryl methyl sites for hydroxylation is 4. The fourth-order valence-electron chi connectivity index (χ4n) is 5.41. The summed E-state index contributed by atoms with van der Waals surface area (Å²) in [4.78, 5) is -0.231. The Kier molecular flexibility index (Phi) is 13.8. The van der Waals surface area contributed by atoms with E-state index in [4.69, 9.17) is 0 Å². The van der Waals surface area contributed by atoms with Crippen LogP contribution >= 0.6 is 0 Å². The predicted octanol–water partition coefficient (Wildman–Crippen LogP) is 6.92. The van der Waals surface area contributed by atoms with Gasteiger partial charge in [0, 0.05) is 0 Å². The van der Waals surface area contributed by atoms with Crippen LogP contribution < -0.4 is 0 Å². The maximum atomic E-state index is 11.4. The summed E-state index contributed by atoms with van der Waals surface area (Å²) in [6.07, 6.45) is 7.81. The molecule has 0 amide bonds. The van der Waals surface area contributed by atoms with Crippen LogP contribution in [0.25, 0.3) is 21.5 Å². The molecule has 9 heteroatoms. The van der Waals surface area contributed by atoms with E-state index in [1.807, 2.05) is 24.3 Å². The molecule has 0 aromatic heterocycles. The number of hydrogen-bond acceptors (Lipinski definition) is 6. The fourth-order valence-corrected chi connectivity index (χ4v) is 6.79. The minimum absolute atomic E-state index is 0. The third kappa shape index (κ3) is 8.75. The Bertz CT molecular complexity index is 1570. The van der Waals surface area contributed by atoms with Crippen LogP contribution in [0.15, 0.2) is 70.5 Å². The first-order valence-electron chi connectivity index (χ1n) is 14.0. The number of benzene rings is 4. The van der Waals surface area contributed by atoms with Gasteiger partial charge in [-0.2, -0.15) is 0 Å². The zero-order chi connectivity index (χ0) is 29.5. The Morgan fingerprint density at radius 1 is 0.488 bits per heavy atom. The van der Waals surface area contributed by atoms with Crippen molar-refractivity contribution in [3.8, 4) is 0 Å². The molecular weight excluding hydrogens is 585 g/mol. The van der Waals surface area contributed by atoms with Gasteiger partial charge >= 0.3 is 37.7 Å². The number of fused-ring (bicyclic) bond motifs is 2. The quantitative estimate of drug-likeness (QED) is 0.140. The second-order valence-electron chi connectivity index (χ2n) is 10.0. The van der Waals surface area contributed by atoms with Crippen LogP contribution in [0.5, 0.6) is 0 Å². The molecule has 0 bridgehead atoms. The summed E-state index contributed by atoms with van der Waals surface area (Å²) in [7, 11) is -8.87. The maximum Gasteiger partial charge on any atom is 2.00 e. The van der Waals surface area contributed by atoms with Crippen molar-refractivity contribution in [2.45, 2.75) is 88.9 Å². The molecule has 0 N–H and O–H groups in total. The average molecular weight is 623 g/mol. The van der Waals surface area contributed by atoms with Gasteiger partial charge in [0.15, 0.2) is 0 Å². The van der Waals surface area contributed by atoms with E-state index in [-0.39, 0.29) is 47.5 Å². The van der Waals surface area contributed by atoms with Gasteiger partial charge in [0.25, 0.3) is 0 Å². The van der Waals surface area contributed by atoms with Crippen molar-refractivity contribution in [1.29, 1.82) is 0 Å². The van der Waals surface area contributed by atoms with E-state index in [1.165, 1.54) is 34.4 Å². The monoisotopic (exact) mass is 622 g/mol. The maximum absolute atomic E-state index is 11.4. The number of rotatable bonds is 10. The van der Waals surface area contributed by atoms with Gasteiger partial charge in [-0.05, 0) is 81.6 Å². The molecule has 0 aliphatic heterocycles. The number of hydrogen-bond donors (Lipinski definition) is 0. The van der Waals surface area contributed by atoms with Crippen LogP contribution in [0.3, 0.4) is 0 Å². The molecule has 0 fully saturated rings. The second kappa shape index (κ2) is 15.8. The normalized spacial score (nSPS) is 11.7. The first-order valence-corrected chi connectivity index (χ1v) is 16.8. The van der Waals surface area contributed by atoms with Crippen molar-refractivity contribution in [3.05, 3.63) is 82.9 Å². The largest absolute Gasteiger partial charge is 2.00 e. The zero-order valence-corrected chi connectivity index (χ0v) is 28.2. The van der Waals surface area contributed by atoms with E-state index in [2.05, 4.69) is 27.7 Å². The van der Waals surface area contributed by atoms with E-state index < -0.39 is 20.2 Å². The Labute approximate surface area is 275 Å². The van der Waals surface area contributed by atoms with Gasteiger partial charge < -0.3 is 9.11 Å². The first kappa shape index (κ1) is 35.7. The molecule has 0 heterocycles. The summed E-state index contributed by atoms with van der Waals surface area (Å²) in [6.45, 7) is 8.45. The molecule has 0 spiro atoms. The molecular formula is C32H38CaO6S2. The van der Waals surface area contributed by atoms with Gasteiger partial charge in [-0.25, -0.2) is 16.8 Å². The van der Waals surface area contributed by atoms with Gasteiger partial charge in [-0.15, -0.1) is 0 Å². The molecule has 0 saturated heterocycles. The van der Waals surface area contributed by atoms with Crippen molar-refractivity contribution >= 4 is 79.5 Å². The Morgan fingerprint density at radius 2 is 0.829 bits per heavy atom. The molecule has 0 atom stereocenters. The molecule has 6 nitrogen and oxygen atoms in total. The summed E-state index contributed by atoms with van der Waals surface area (Å²) in [5.41, 5.74) is 4.86. The SMILES string of the molecule is CCCc1ccc2c(S(=O)(=O)[O-])cccc2c1CCC.CCCc1ccc2c(S(=O)(=O)[O-])cccc2c1CCC.[Ca+2]. The topological polar surface area (TPSA) is 114 Å². The summed E-state index contributed by atoms with van der Waals surface area (Å²) >= 11 is 0. The molecule has 216 valence electrons. The van der Waals surface area contributed by atoms with Gasteiger partial charge in [-0.1, -0.05) is 102 Å². The van der Waals surface area contributed by atoms with Crippen LogP contribution in [0.1, 0.15) is 75.6 Å². The second-order valence-corrected chi connectivity index (χ2v) is 12.7. The first-order chi connectivity index (χ1) is 19.0. The van der Waals surface area contributed by atoms with Gasteiger partial charge in [0.05, 0.1) is 9.79 Å². The Morgan fingerprint density at radius 3 is 1.12 bits per heavy atom. The minimum atomic E-state index is -4.44. The Balaban J connectivity index is 0.000000280.